The predicted molar refractivity (Wildman–Crippen MR) is 116 cm³/mol. The third-order valence-corrected chi connectivity index (χ3v) is 6.40. The molecule has 2 aromatic heterocycles. The van der Waals surface area contributed by atoms with Gasteiger partial charge in [-0.1, -0.05) is 19.4 Å². The summed E-state index contributed by atoms with van der Waals surface area (Å²) >= 11 is 0. The maximum absolute atomic E-state index is 12.9. The summed E-state index contributed by atoms with van der Waals surface area (Å²) in [6.45, 7) is 6.73. The van der Waals surface area contributed by atoms with Crippen molar-refractivity contribution in [2.24, 2.45) is 0 Å². The van der Waals surface area contributed by atoms with Crippen LogP contribution >= 0.6 is 0 Å². The number of benzene rings is 1. The van der Waals surface area contributed by atoms with Crippen molar-refractivity contribution in [2.75, 3.05) is 11.9 Å². The van der Waals surface area contributed by atoms with Crippen molar-refractivity contribution >= 4 is 21.6 Å². The minimum Gasteiger partial charge on any atom is -0.467 e. The number of amides is 1. The van der Waals surface area contributed by atoms with Gasteiger partial charge in [-0.3, -0.25) is 4.79 Å². The first-order chi connectivity index (χ1) is 14.3. The Labute approximate surface area is 177 Å². The fourth-order valence-corrected chi connectivity index (χ4v) is 4.36. The highest BCUT2D eigenvalue weighted by atomic mass is 32.2. The van der Waals surface area contributed by atoms with Gasteiger partial charge in [-0.2, -0.15) is 0 Å². The van der Waals surface area contributed by atoms with Crippen LogP contribution in [-0.2, 0) is 16.6 Å². The second-order valence-electron chi connectivity index (χ2n) is 7.18. The Bertz CT molecular complexity index is 1120. The summed E-state index contributed by atoms with van der Waals surface area (Å²) < 4.78 is 34.9. The smallest absolute Gasteiger partial charge is 0.257 e. The van der Waals surface area contributed by atoms with E-state index in [1.54, 1.807) is 18.4 Å². The van der Waals surface area contributed by atoms with Crippen LogP contribution < -0.4 is 10.0 Å². The Morgan fingerprint density at radius 1 is 1.13 bits per heavy atom. The van der Waals surface area contributed by atoms with Gasteiger partial charge in [0.1, 0.15) is 5.76 Å². The molecular weight excluding hydrogens is 402 g/mol. The van der Waals surface area contributed by atoms with Crippen molar-refractivity contribution in [1.82, 2.24) is 9.29 Å². The molecule has 0 unspecified atom stereocenters. The van der Waals surface area contributed by atoms with Crippen molar-refractivity contribution in [1.29, 1.82) is 0 Å². The summed E-state index contributed by atoms with van der Waals surface area (Å²) in [5, 5.41) is 2.81. The molecule has 3 aromatic rings. The molecule has 0 fully saturated rings. The van der Waals surface area contributed by atoms with E-state index in [-0.39, 0.29) is 10.8 Å². The Hall–Kier alpha value is -2.84. The molecule has 0 spiro atoms. The summed E-state index contributed by atoms with van der Waals surface area (Å²) in [6.07, 6.45) is 3.29. The number of sulfonamides is 1. The standard InChI is InChI=1S/C22H27N3O4S/c1-4-5-11-23-30(27,28)20-10-6-8-18(14-20)24-22(26)21-13-16(2)25(17(21)3)15-19-9-7-12-29-19/h6-10,12-14,23H,4-5,11,15H2,1-3H3,(H,24,26). The number of nitrogens with one attached hydrogen (secondary N) is 2. The predicted octanol–water partition coefficient (Wildman–Crippen LogP) is 4.08. The van der Waals surface area contributed by atoms with Crippen molar-refractivity contribution in [3.63, 3.8) is 0 Å². The Kier molecular flexibility index (Phi) is 6.79. The number of aryl methyl sites for hydroxylation is 1. The second-order valence-corrected chi connectivity index (χ2v) is 8.95. The number of furan rings is 1. The van der Waals surface area contributed by atoms with Gasteiger partial charge in [0.15, 0.2) is 0 Å². The largest absolute Gasteiger partial charge is 0.467 e. The number of hydrogen-bond donors (Lipinski definition) is 2. The summed E-state index contributed by atoms with van der Waals surface area (Å²) in [4.78, 5) is 13.0. The van der Waals surface area contributed by atoms with E-state index in [1.165, 1.54) is 12.1 Å². The monoisotopic (exact) mass is 429 g/mol. The lowest BCUT2D eigenvalue weighted by Gasteiger charge is -2.10. The van der Waals surface area contributed by atoms with Gasteiger partial charge in [0.05, 0.1) is 23.3 Å². The summed E-state index contributed by atoms with van der Waals surface area (Å²) in [5.74, 6) is 0.513. The molecule has 0 bridgehead atoms. The summed E-state index contributed by atoms with van der Waals surface area (Å²) in [6, 6.07) is 11.8. The SMILES string of the molecule is CCCCNS(=O)(=O)c1cccc(NC(=O)c2cc(C)n(Cc3ccco3)c2C)c1. The lowest BCUT2D eigenvalue weighted by molar-refractivity contribution is 0.102. The molecule has 8 heteroatoms. The zero-order valence-corrected chi connectivity index (χ0v) is 18.3. The third-order valence-electron chi connectivity index (χ3n) is 4.94. The van der Waals surface area contributed by atoms with E-state index in [4.69, 9.17) is 4.42 Å². The molecule has 3 rings (SSSR count). The zero-order valence-electron chi connectivity index (χ0n) is 17.4. The van der Waals surface area contributed by atoms with Crippen LogP contribution in [-0.4, -0.2) is 25.4 Å². The number of unbranched alkanes of at least 4 members (excludes halogenated alkanes) is 1. The first-order valence-electron chi connectivity index (χ1n) is 9.92. The first-order valence-corrected chi connectivity index (χ1v) is 11.4. The van der Waals surface area contributed by atoms with Crippen molar-refractivity contribution < 1.29 is 17.6 Å². The number of nitrogens with zero attached hydrogens (tertiary/aromatic N) is 1. The number of carbonyl (C=O) groups excluding carboxylic acids is 1. The number of rotatable bonds is 9. The quantitative estimate of drug-likeness (QED) is 0.501. The number of anilines is 1. The van der Waals surface area contributed by atoms with E-state index >= 15 is 0 Å². The minimum absolute atomic E-state index is 0.125. The van der Waals surface area contributed by atoms with Crippen LogP contribution in [0.2, 0.25) is 0 Å². The molecule has 0 saturated carbocycles. The second kappa shape index (κ2) is 9.32. The lowest BCUT2D eigenvalue weighted by Crippen LogP contribution is -2.24. The molecule has 0 aliphatic carbocycles. The van der Waals surface area contributed by atoms with Crippen molar-refractivity contribution in [2.45, 2.75) is 45.1 Å². The Morgan fingerprint density at radius 3 is 2.63 bits per heavy atom. The number of carbonyl (C=O) groups is 1. The van der Waals surface area contributed by atoms with Gasteiger partial charge in [0, 0.05) is 23.6 Å². The maximum atomic E-state index is 12.9. The van der Waals surface area contributed by atoms with Gasteiger partial charge in [-0.05, 0) is 56.7 Å². The van der Waals surface area contributed by atoms with Crippen LogP contribution in [0, 0.1) is 13.8 Å². The minimum atomic E-state index is -3.61. The molecule has 1 amide bonds. The molecule has 7 nitrogen and oxygen atoms in total. The number of hydrogen-bond acceptors (Lipinski definition) is 4. The van der Waals surface area contributed by atoms with E-state index < -0.39 is 10.0 Å². The lowest BCUT2D eigenvalue weighted by atomic mass is 10.2. The average molecular weight is 430 g/mol. The summed E-state index contributed by atoms with van der Waals surface area (Å²) in [7, 11) is -3.61. The molecule has 0 aliphatic heterocycles. The first kappa shape index (κ1) is 21.9. The molecule has 160 valence electrons. The Morgan fingerprint density at radius 2 is 1.93 bits per heavy atom. The zero-order chi connectivity index (χ0) is 21.7. The van der Waals surface area contributed by atoms with E-state index in [0.29, 0.717) is 24.3 Å². The van der Waals surface area contributed by atoms with E-state index in [2.05, 4.69) is 10.0 Å². The van der Waals surface area contributed by atoms with Crippen LogP contribution in [0.5, 0.6) is 0 Å². The normalized spacial score (nSPS) is 11.6. The van der Waals surface area contributed by atoms with Gasteiger partial charge in [0.25, 0.3) is 5.91 Å². The van der Waals surface area contributed by atoms with Gasteiger partial charge in [0.2, 0.25) is 10.0 Å². The molecule has 30 heavy (non-hydrogen) atoms. The molecule has 2 heterocycles. The van der Waals surface area contributed by atoms with Crippen LogP contribution in [0.25, 0.3) is 0 Å². The molecule has 0 atom stereocenters. The molecule has 0 radical (unpaired) electrons. The summed E-state index contributed by atoms with van der Waals surface area (Å²) in [5.41, 5.74) is 2.71. The number of aromatic nitrogens is 1. The van der Waals surface area contributed by atoms with Crippen LogP contribution in [0.4, 0.5) is 5.69 Å². The van der Waals surface area contributed by atoms with E-state index in [9.17, 15) is 13.2 Å². The maximum Gasteiger partial charge on any atom is 0.257 e. The molecular formula is C22H27N3O4S. The fourth-order valence-electron chi connectivity index (χ4n) is 3.24. The van der Waals surface area contributed by atoms with Crippen LogP contribution in [0.15, 0.2) is 58.0 Å². The van der Waals surface area contributed by atoms with Crippen molar-refractivity contribution in [3.05, 3.63) is 71.4 Å². The average Bonchev–Trinajstić information content (AvgIpc) is 3.32. The molecule has 1 aromatic carbocycles. The highest BCUT2D eigenvalue weighted by molar-refractivity contribution is 7.89. The van der Waals surface area contributed by atoms with Crippen molar-refractivity contribution in [3.8, 4) is 0 Å². The molecule has 0 aliphatic rings. The highest BCUT2D eigenvalue weighted by Gasteiger charge is 2.18. The fraction of sp³-hybridized carbons (Fsp3) is 0.318. The van der Waals surface area contributed by atoms with E-state index in [1.807, 2.05) is 43.5 Å². The highest BCUT2D eigenvalue weighted by Crippen LogP contribution is 2.21. The molecule has 0 saturated heterocycles. The third kappa shape index (κ3) is 5.01. The topological polar surface area (TPSA) is 93.3 Å². The molecule has 2 N–H and O–H groups in total. The Balaban J connectivity index is 1.77. The van der Waals surface area contributed by atoms with Gasteiger partial charge in [-0.15, -0.1) is 0 Å². The van der Waals surface area contributed by atoms with Gasteiger partial charge in [-0.25, -0.2) is 13.1 Å². The van der Waals surface area contributed by atoms with Crippen LogP contribution in [0.3, 0.4) is 0 Å². The van der Waals surface area contributed by atoms with Crippen LogP contribution in [0.1, 0.15) is 47.3 Å². The van der Waals surface area contributed by atoms with Gasteiger partial charge < -0.3 is 14.3 Å². The van der Waals surface area contributed by atoms with E-state index in [0.717, 1.165) is 30.0 Å². The van der Waals surface area contributed by atoms with Gasteiger partial charge >= 0.3 is 0 Å².